The molecule has 0 spiro atoms. The van der Waals surface area contributed by atoms with Crippen molar-refractivity contribution in [2.24, 2.45) is 11.8 Å². The van der Waals surface area contributed by atoms with Gasteiger partial charge >= 0.3 is 0 Å². The Morgan fingerprint density at radius 1 is 1.16 bits per heavy atom. The molecule has 4 nitrogen and oxygen atoms in total. The summed E-state index contributed by atoms with van der Waals surface area (Å²) >= 11 is 0. The monoisotopic (exact) mass is 257 g/mol. The van der Waals surface area contributed by atoms with E-state index in [1.807, 2.05) is 18.2 Å². The maximum atomic E-state index is 5.75. The summed E-state index contributed by atoms with van der Waals surface area (Å²) in [6.45, 7) is 1.63. The molecule has 0 amide bonds. The molecule has 100 valence electrons. The van der Waals surface area contributed by atoms with Crippen LogP contribution in [0.5, 0.6) is 0 Å². The third kappa shape index (κ3) is 2.61. The molecule has 1 unspecified atom stereocenters. The van der Waals surface area contributed by atoms with Crippen LogP contribution >= 0.6 is 0 Å². The zero-order valence-corrected chi connectivity index (χ0v) is 10.9. The van der Waals surface area contributed by atoms with E-state index in [0.717, 1.165) is 42.7 Å². The van der Waals surface area contributed by atoms with Gasteiger partial charge in [-0.1, -0.05) is 24.3 Å². The van der Waals surface area contributed by atoms with Crippen LogP contribution in [0.3, 0.4) is 0 Å². The van der Waals surface area contributed by atoms with Crippen molar-refractivity contribution in [3.63, 3.8) is 0 Å². The fourth-order valence-corrected chi connectivity index (χ4v) is 2.77. The Labute approximate surface area is 112 Å². The second-order valence-electron chi connectivity index (χ2n) is 5.02. The average Bonchev–Trinajstić information content (AvgIpc) is 2.49. The number of hydrogen-bond acceptors (Lipinski definition) is 4. The van der Waals surface area contributed by atoms with E-state index in [4.69, 9.17) is 15.6 Å². The number of para-hydroxylation sites is 1. The van der Waals surface area contributed by atoms with Crippen LogP contribution in [0.15, 0.2) is 36.4 Å². The van der Waals surface area contributed by atoms with Crippen molar-refractivity contribution in [3.05, 3.63) is 42.1 Å². The van der Waals surface area contributed by atoms with Gasteiger partial charge in [0.2, 0.25) is 0 Å². The van der Waals surface area contributed by atoms with Crippen LogP contribution in [0, 0.1) is 5.92 Å². The maximum absolute atomic E-state index is 5.75. The van der Waals surface area contributed by atoms with Crippen LogP contribution in [0.2, 0.25) is 0 Å². The molecule has 1 saturated heterocycles. The number of nitrogens with two attached hydrogens (primary N) is 1. The van der Waals surface area contributed by atoms with Gasteiger partial charge in [-0.05, 0) is 30.9 Å². The standard InChI is InChI=1S/C15H19N3O/c16-18-15(12-7-9-19-10-8-12)14-6-5-11-3-1-2-4-13(11)17-14/h1-6,12,15,18H,7-10,16H2. The molecule has 0 aliphatic carbocycles. The Balaban J connectivity index is 1.91. The summed E-state index contributed by atoms with van der Waals surface area (Å²) in [6, 6.07) is 12.4. The lowest BCUT2D eigenvalue weighted by Crippen LogP contribution is -2.36. The predicted octanol–water partition coefficient (Wildman–Crippen LogP) is 2.17. The lowest BCUT2D eigenvalue weighted by molar-refractivity contribution is 0.0531. The van der Waals surface area contributed by atoms with Gasteiger partial charge in [-0.15, -0.1) is 0 Å². The highest BCUT2D eigenvalue weighted by atomic mass is 16.5. The SMILES string of the molecule is NNC(c1ccc2ccccc2n1)C1CCOCC1. The van der Waals surface area contributed by atoms with Crippen molar-refractivity contribution in [1.82, 2.24) is 10.4 Å². The minimum atomic E-state index is 0.105. The van der Waals surface area contributed by atoms with E-state index in [-0.39, 0.29) is 6.04 Å². The van der Waals surface area contributed by atoms with E-state index in [1.54, 1.807) is 0 Å². The zero-order chi connectivity index (χ0) is 13.1. The molecule has 2 heterocycles. The van der Waals surface area contributed by atoms with Crippen LogP contribution in [0.25, 0.3) is 10.9 Å². The minimum Gasteiger partial charge on any atom is -0.381 e. The fourth-order valence-electron chi connectivity index (χ4n) is 2.77. The number of rotatable bonds is 3. The molecule has 0 bridgehead atoms. The molecular weight excluding hydrogens is 238 g/mol. The van der Waals surface area contributed by atoms with Crippen LogP contribution < -0.4 is 11.3 Å². The average molecular weight is 257 g/mol. The molecule has 0 saturated carbocycles. The van der Waals surface area contributed by atoms with Crippen molar-refractivity contribution in [1.29, 1.82) is 0 Å². The quantitative estimate of drug-likeness (QED) is 0.653. The summed E-state index contributed by atoms with van der Waals surface area (Å²) in [7, 11) is 0. The summed E-state index contributed by atoms with van der Waals surface area (Å²) < 4.78 is 5.41. The second-order valence-corrected chi connectivity index (χ2v) is 5.02. The van der Waals surface area contributed by atoms with Gasteiger partial charge in [0.15, 0.2) is 0 Å². The zero-order valence-electron chi connectivity index (χ0n) is 10.9. The number of hydrogen-bond donors (Lipinski definition) is 2. The largest absolute Gasteiger partial charge is 0.381 e. The van der Waals surface area contributed by atoms with Crippen molar-refractivity contribution < 1.29 is 4.74 Å². The third-order valence-corrected chi connectivity index (χ3v) is 3.86. The molecule has 0 radical (unpaired) electrons. The number of nitrogens with one attached hydrogen (secondary N) is 1. The minimum absolute atomic E-state index is 0.105. The number of pyridine rings is 1. The van der Waals surface area contributed by atoms with Crippen LogP contribution in [-0.4, -0.2) is 18.2 Å². The molecule has 1 aromatic carbocycles. The molecule has 1 fully saturated rings. The highest BCUT2D eigenvalue weighted by Crippen LogP contribution is 2.29. The van der Waals surface area contributed by atoms with E-state index in [0.29, 0.717) is 5.92 Å². The summed E-state index contributed by atoms with van der Waals surface area (Å²) in [5.74, 6) is 6.24. The first kappa shape index (κ1) is 12.5. The van der Waals surface area contributed by atoms with E-state index >= 15 is 0 Å². The van der Waals surface area contributed by atoms with Gasteiger partial charge in [-0.25, -0.2) is 0 Å². The van der Waals surface area contributed by atoms with Gasteiger partial charge in [0.05, 0.1) is 17.3 Å². The number of nitrogens with zero attached hydrogens (tertiary/aromatic N) is 1. The van der Waals surface area contributed by atoms with Crippen molar-refractivity contribution in [2.45, 2.75) is 18.9 Å². The first-order valence-corrected chi connectivity index (χ1v) is 6.78. The molecule has 3 N–H and O–H groups in total. The third-order valence-electron chi connectivity index (χ3n) is 3.86. The van der Waals surface area contributed by atoms with Crippen molar-refractivity contribution in [2.75, 3.05) is 13.2 Å². The van der Waals surface area contributed by atoms with Crippen LogP contribution in [-0.2, 0) is 4.74 Å². The Hall–Kier alpha value is -1.49. The summed E-state index contributed by atoms with van der Waals surface area (Å²) in [6.07, 6.45) is 2.06. The summed E-state index contributed by atoms with van der Waals surface area (Å²) in [4.78, 5) is 4.74. The summed E-state index contributed by atoms with van der Waals surface area (Å²) in [5, 5.41) is 1.16. The molecule has 2 aromatic rings. The van der Waals surface area contributed by atoms with E-state index < -0.39 is 0 Å². The lowest BCUT2D eigenvalue weighted by atomic mass is 9.89. The Morgan fingerprint density at radius 2 is 1.95 bits per heavy atom. The van der Waals surface area contributed by atoms with Crippen LogP contribution in [0.1, 0.15) is 24.6 Å². The first-order chi connectivity index (χ1) is 9.38. The predicted molar refractivity (Wildman–Crippen MR) is 75.4 cm³/mol. The second kappa shape index (κ2) is 5.65. The topological polar surface area (TPSA) is 60.2 Å². The Bertz CT molecular complexity index is 552. The fraction of sp³-hybridized carbons (Fsp3) is 0.400. The van der Waals surface area contributed by atoms with E-state index in [2.05, 4.69) is 23.6 Å². The molecule has 1 atom stereocenters. The number of hydrazine groups is 1. The molecule has 3 rings (SSSR count). The molecule has 1 aromatic heterocycles. The molecule has 1 aliphatic heterocycles. The maximum Gasteiger partial charge on any atom is 0.0706 e. The van der Waals surface area contributed by atoms with E-state index in [9.17, 15) is 0 Å². The molecule has 1 aliphatic rings. The normalized spacial score (nSPS) is 18.6. The van der Waals surface area contributed by atoms with E-state index in [1.165, 1.54) is 0 Å². The van der Waals surface area contributed by atoms with Gasteiger partial charge in [-0.3, -0.25) is 16.3 Å². The number of ether oxygens (including phenoxy) is 1. The van der Waals surface area contributed by atoms with Gasteiger partial charge in [0.25, 0.3) is 0 Å². The molecule has 19 heavy (non-hydrogen) atoms. The Morgan fingerprint density at radius 3 is 2.74 bits per heavy atom. The highest BCUT2D eigenvalue weighted by Gasteiger charge is 2.25. The molecule has 4 heteroatoms. The summed E-state index contributed by atoms with van der Waals surface area (Å²) in [5.41, 5.74) is 4.98. The lowest BCUT2D eigenvalue weighted by Gasteiger charge is -2.29. The number of benzene rings is 1. The molecular formula is C15H19N3O. The van der Waals surface area contributed by atoms with Gasteiger partial charge in [0.1, 0.15) is 0 Å². The Kier molecular flexibility index (Phi) is 3.73. The number of fused-ring (bicyclic) bond motifs is 1. The van der Waals surface area contributed by atoms with Gasteiger partial charge in [0, 0.05) is 18.6 Å². The van der Waals surface area contributed by atoms with Gasteiger partial charge in [-0.2, -0.15) is 0 Å². The van der Waals surface area contributed by atoms with Crippen molar-refractivity contribution in [3.8, 4) is 0 Å². The van der Waals surface area contributed by atoms with Gasteiger partial charge < -0.3 is 4.74 Å². The number of aromatic nitrogens is 1. The smallest absolute Gasteiger partial charge is 0.0706 e. The van der Waals surface area contributed by atoms with Crippen molar-refractivity contribution >= 4 is 10.9 Å². The van der Waals surface area contributed by atoms with Crippen LogP contribution in [0.4, 0.5) is 0 Å². The highest BCUT2D eigenvalue weighted by molar-refractivity contribution is 5.78. The first-order valence-electron chi connectivity index (χ1n) is 6.78.